The SMILES string of the molecule is CCOC(=O)c1ccc(NC(=O)C(=O)c2cn(CC(=O)N3CCCC3)c3ccccc23)cc1. The Hall–Kier alpha value is -3.94. The van der Waals surface area contributed by atoms with Crippen LogP contribution in [-0.4, -0.2) is 52.7 Å². The van der Waals surface area contributed by atoms with Crippen molar-refractivity contribution in [3.8, 4) is 0 Å². The number of esters is 1. The first-order chi connectivity index (χ1) is 16.0. The van der Waals surface area contributed by atoms with E-state index in [0.29, 0.717) is 16.6 Å². The quantitative estimate of drug-likeness (QED) is 0.341. The van der Waals surface area contributed by atoms with Crippen LogP contribution in [0, 0.1) is 0 Å². The van der Waals surface area contributed by atoms with Gasteiger partial charge in [-0.1, -0.05) is 18.2 Å². The molecule has 170 valence electrons. The highest BCUT2D eigenvalue weighted by molar-refractivity contribution is 6.48. The van der Waals surface area contributed by atoms with Crippen LogP contribution in [0.1, 0.15) is 40.5 Å². The molecule has 0 spiro atoms. The number of Topliss-reactive ketones (excluding diaryl/α,β-unsaturated/α-hetero) is 1. The molecule has 0 aliphatic carbocycles. The van der Waals surface area contributed by atoms with Gasteiger partial charge in [-0.2, -0.15) is 0 Å². The molecule has 2 aromatic carbocycles. The third kappa shape index (κ3) is 4.79. The van der Waals surface area contributed by atoms with Crippen molar-refractivity contribution in [2.24, 2.45) is 0 Å². The fraction of sp³-hybridized carbons (Fsp3) is 0.280. The molecule has 0 unspecified atom stereocenters. The van der Waals surface area contributed by atoms with E-state index in [1.54, 1.807) is 29.8 Å². The second kappa shape index (κ2) is 9.68. The van der Waals surface area contributed by atoms with Crippen molar-refractivity contribution in [3.05, 3.63) is 65.9 Å². The predicted octanol–water partition coefficient (Wildman–Crippen LogP) is 3.26. The Labute approximate surface area is 191 Å². The van der Waals surface area contributed by atoms with E-state index >= 15 is 0 Å². The molecule has 1 aliphatic rings. The fourth-order valence-corrected chi connectivity index (χ4v) is 3.99. The van der Waals surface area contributed by atoms with E-state index in [4.69, 9.17) is 4.74 Å². The standard InChI is InChI=1S/C25H25N3O5/c1-2-33-25(32)17-9-11-18(12-10-17)26-24(31)23(30)20-15-28(21-8-4-3-7-19(20)21)16-22(29)27-13-5-6-14-27/h3-4,7-12,15H,2,5-6,13-14,16H2,1H3,(H,26,31). The number of ketones is 1. The van der Waals surface area contributed by atoms with Crippen molar-refractivity contribution in [3.63, 3.8) is 0 Å². The van der Waals surface area contributed by atoms with Crippen molar-refractivity contribution in [1.29, 1.82) is 0 Å². The first kappa shape index (κ1) is 22.3. The molecule has 1 aliphatic heterocycles. The van der Waals surface area contributed by atoms with Gasteiger partial charge >= 0.3 is 5.97 Å². The lowest BCUT2D eigenvalue weighted by Crippen LogP contribution is -2.30. The third-order valence-electron chi connectivity index (χ3n) is 5.66. The van der Waals surface area contributed by atoms with Crippen LogP contribution in [0.5, 0.6) is 0 Å². The highest BCUT2D eigenvalue weighted by atomic mass is 16.5. The van der Waals surface area contributed by atoms with E-state index in [-0.39, 0.29) is 24.6 Å². The molecule has 33 heavy (non-hydrogen) atoms. The number of amides is 2. The lowest BCUT2D eigenvalue weighted by atomic mass is 10.1. The first-order valence-electron chi connectivity index (χ1n) is 11.0. The van der Waals surface area contributed by atoms with Crippen LogP contribution in [0.4, 0.5) is 5.69 Å². The number of rotatable bonds is 7. The van der Waals surface area contributed by atoms with Gasteiger partial charge in [0.25, 0.3) is 11.7 Å². The minimum atomic E-state index is -0.798. The van der Waals surface area contributed by atoms with Gasteiger partial charge in [-0.25, -0.2) is 4.79 Å². The van der Waals surface area contributed by atoms with Crippen molar-refractivity contribution in [2.45, 2.75) is 26.3 Å². The smallest absolute Gasteiger partial charge is 0.338 e. The third-order valence-corrected chi connectivity index (χ3v) is 5.66. The lowest BCUT2D eigenvalue weighted by molar-refractivity contribution is -0.130. The second-order valence-corrected chi connectivity index (χ2v) is 7.86. The molecular formula is C25H25N3O5. The van der Waals surface area contributed by atoms with Crippen molar-refractivity contribution in [1.82, 2.24) is 9.47 Å². The van der Waals surface area contributed by atoms with Crippen molar-refractivity contribution in [2.75, 3.05) is 25.0 Å². The van der Waals surface area contributed by atoms with Gasteiger partial charge in [-0.15, -0.1) is 0 Å². The van der Waals surface area contributed by atoms with Gasteiger partial charge in [0.1, 0.15) is 6.54 Å². The molecule has 2 heterocycles. The van der Waals surface area contributed by atoms with Crippen LogP contribution in [0.2, 0.25) is 0 Å². The Kier molecular flexibility index (Phi) is 6.53. The predicted molar refractivity (Wildman–Crippen MR) is 123 cm³/mol. The Balaban J connectivity index is 1.52. The molecule has 8 heteroatoms. The zero-order valence-corrected chi connectivity index (χ0v) is 18.4. The Morgan fingerprint density at radius 2 is 1.67 bits per heavy atom. The summed E-state index contributed by atoms with van der Waals surface area (Å²) in [7, 11) is 0. The van der Waals surface area contributed by atoms with E-state index in [2.05, 4.69) is 5.32 Å². The van der Waals surface area contributed by atoms with Gasteiger partial charge in [0.05, 0.1) is 17.7 Å². The molecule has 0 atom stereocenters. The van der Waals surface area contributed by atoms with E-state index in [1.165, 1.54) is 24.3 Å². The molecule has 3 aromatic rings. The number of para-hydroxylation sites is 1. The van der Waals surface area contributed by atoms with Gasteiger partial charge in [-0.05, 0) is 50.1 Å². The van der Waals surface area contributed by atoms with Crippen molar-refractivity contribution < 1.29 is 23.9 Å². The maximum absolute atomic E-state index is 13.0. The molecule has 1 aromatic heterocycles. The molecule has 1 saturated heterocycles. The van der Waals surface area contributed by atoms with Gasteiger partial charge in [0, 0.05) is 35.9 Å². The van der Waals surface area contributed by atoms with E-state index in [9.17, 15) is 19.2 Å². The maximum Gasteiger partial charge on any atom is 0.338 e. The summed E-state index contributed by atoms with van der Waals surface area (Å²) in [6, 6.07) is 13.3. The van der Waals surface area contributed by atoms with Crippen LogP contribution >= 0.6 is 0 Å². The maximum atomic E-state index is 13.0. The number of hydrogen-bond acceptors (Lipinski definition) is 5. The molecule has 0 radical (unpaired) electrons. The summed E-state index contributed by atoms with van der Waals surface area (Å²) in [6.07, 6.45) is 3.58. The largest absolute Gasteiger partial charge is 0.462 e. The normalized spacial score (nSPS) is 13.2. The van der Waals surface area contributed by atoms with E-state index in [0.717, 1.165) is 31.4 Å². The number of fused-ring (bicyclic) bond motifs is 1. The summed E-state index contributed by atoms with van der Waals surface area (Å²) in [5.74, 6) is -1.96. The number of nitrogens with zero attached hydrogens (tertiary/aromatic N) is 2. The monoisotopic (exact) mass is 447 g/mol. The number of anilines is 1. The number of aromatic nitrogens is 1. The Morgan fingerprint density at radius 3 is 2.36 bits per heavy atom. The first-order valence-corrected chi connectivity index (χ1v) is 11.0. The fourth-order valence-electron chi connectivity index (χ4n) is 3.99. The molecule has 8 nitrogen and oxygen atoms in total. The van der Waals surface area contributed by atoms with Gasteiger partial charge in [0.15, 0.2) is 0 Å². The van der Waals surface area contributed by atoms with E-state index < -0.39 is 17.7 Å². The average molecular weight is 447 g/mol. The zero-order chi connectivity index (χ0) is 23.4. The molecule has 2 amide bonds. The van der Waals surface area contributed by atoms with Crippen LogP contribution < -0.4 is 5.32 Å². The van der Waals surface area contributed by atoms with Crippen LogP contribution in [0.25, 0.3) is 10.9 Å². The molecule has 4 rings (SSSR count). The summed E-state index contributed by atoms with van der Waals surface area (Å²) in [4.78, 5) is 51.9. The summed E-state index contributed by atoms with van der Waals surface area (Å²) < 4.78 is 6.67. The van der Waals surface area contributed by atoms with Gasteiger partial charge in [0.2, 0.25) is 5.91 Å². The van der Waals surface area contributed by atoms with Crippen LogP contribution in [-0.2, 0) is 20.9 Å². The number of benzene rings is 2. The number of likely N-dealkylation sites (tertiary alicyclic amines) is 1. The van der Waals surface area contributed by atoms with Gasteiger partial charge in [-0.3, -0.25) is 14.4 Å². The molecule has 1 N–H and O–H groups in total. The molecule has 0 saturated carbocycles. The van der Waals surface area contributed by atoms with Crippen LogP contribution in [0.3, 0.4) is 0 Å². The number of carbonyl (C=O) groups excluding carboxylic acids is 4. The van der Waals surface area contributed by atoms with Crippen molar-refractivity contribution >= 4 is 40.2 Å². The summed E-state index contributed by atoms with van der Waals surface area (Å²) >= 11 is 0. The van der Waals surface area contributed by atoms with Gasteiger partial charge < -0.3 is 19.5 Å². The van der Waals surface area contributed by atoms with Crippen LogP contribution in [0.15, 0.2) is 54.7 Å². The molecule has 1 fully saturated rings. The highest BCUT2D eigenvalue weighted by Gasteiger charge is 2.24. The lowest BCUT2D eigenvalue weighted by Gasteiger charge is -2.15. The van der Waals surface area contributed by atoms with E-state index in [1.807, 2.05) is 17.0 Å². The number of nitrogens with one attached hydrogen (secondary N) is 1. The summed E-state index contributed by atoms with van der Waals surface area (Å²) in [5.41, 5.74) is 1.70. The summed E-state index contributed by atoms with van der Waals surface area (Å²) in [6.45, 7) is 3.60. The topological polar surface area (TPSA) is 97.7 Å². The summed E-state index contributed by atoms with van der Waals surface area (Å²) in [5, 5.41) is 3.19. The number of ether oxygens (including phenoxy) is 1. The molecular weight excluding hydrogens is 422 g/mol. The second-order valence-electron chi connectivity index (χ2n) is 7.86. The number of carbonyl (C=O) groups is 4. The number of hydrogen-bond donors (Lipinski definition) is 1. The Morgan fingerprint density at radius 1 is 0.970 bits per heavy atom. The minimum absolute atomic E-state index is 0.00149. The molecule has 0 bridgehead atoms. The minimum Gasteiger partial charge on any atom is -0.462 e. The highest BCUT2D eigenvalue weighted by Crippen LogP contribution is 2.23. The zero-order valence-electron chi connectivity index (χ0n) is 18.4. The Bertz CT molecular complexity index is 1210. The average Bonchev–Trinajstić information content (AvgIpc) is 3.48.